The second-order valence-electron chi connectivity index (χ2n) is 7.58. The van der Waals surface area contributed by atoms with Crippen LogP contribution < -0.4 is 5.32 Å². The fourth-order valence-electron chi connectivity index (χ4n) is 3.58. The Labute approximate surface area is 159 Å². The van der Waals surface area contributed by atoms with Gasteiger partial charge in [-0.15, -0.1) is 0 Å². The molecule has 8 heteroatoms. The van der Waals surface area contributed by atoms with Crippen LogP contribution in [0.3, 0.4) is 0 Å². The lowest BCUT2D eigenvalue weighted by atomic mass is 9.99. The van der Waals surface area contributed by atoms with Gasteiger partial charge >= 0.3 is 0 Å². The van der Waals surface area contributed by atoms with Crippen molar-refractivity contribution >= 4 is 15.8 Å². The van der Waals surface area contributed by atoms with Gasteiger partial charge in [0.1, 0.15) is 11.6 Å². The monoisotopic (exact) mass is 399 g/mol. The first kappa shape index (κ1) is 20.0. The summed E-state index contributed by atoms with van der Waals surface area (Å²) in [5, 5.41) is 3.38. The molecule has 0 bridgehead atoms. The first-order chi connectivity index (χ1) is 12.8. The molecule has 150 valence electrons. The molecule has 5 nitrogen and oxygen atoms in total. The molecule has 0 aliphatic carbocycles. The van der Waals surface area contributed by atoms with Crippen molar-refractivity contribution < 1.29 is 17.2 Å². The summed E-state index contributed by atoms with van der Waals surface area (Å²) in [4.78, 5) is 6.68. The predicted octanol–water partition coefficient (Wildman–Crippen LogP) is 2.50. The number of guanidine groups is 1. The molecule has 0 saturated carbocycles. The third-order valence-electron chi connectivity index (χ3n) is 5.36. The highest BCUT2D eigenvalue weighted by Crippen LogP contribution is 2.24. The first-order valence-corrected chi connectivity index (χ1v) is 11.3. The van der Waals surface area contributed by atoms with Gasteiger partial charge in [0.2, 0.25) is 0 Å². The molecule has 1 aromatic rings. The van der Waals surface area contributed by atoms with E-state index < -0.39 is 21.5 Å². The Hall–Kier alpha value is -1.70. The maximum Gasteiger partial charge on any atom is 0.194 e. The van der Waals surface area contributed by atoms with Gasteiger partial charge < -0.3 is 10.2 Å². The van der Waals surface area contributed by atoms with Crippen molar-refractivity contribution in [3.63, 3.8) is 0 Å². The molecule has 0 aromatic heterocycles. The summed E-state index contributed by atoms with van der Waals surface area (Å²) in [6.45, 7) is 5.52. The van der Waals surface area contributed by atoms with Gasteiger partial charge in [0.25, 0.3) is 0 Å². The van der Waals surface area contributed by atoms with Crippen LogP contribution in [0.15, 0.2) is 17.1 Å². The van der Waals surface area contributed by atoms with E-state index in [1.54, 1.807) is 0 Å². The number of aliphatic imine (C=N–C) groups is 1. The highest BCUT2D eigenvalue weighted by molar-refractivity contribution is 7.91. The number of nitrogens with zero attached hydrogens (tertiary/aromatic N) is 2. The van der Waals surface area contributed by atoms with Gasteiger partial charge in [0.05, 0.1) is 11.5 Å². The van der Waals surface area contributed by atoms with Crippen LogP contribution in [0.25, 0.3) is 0 Å². The first-order valence-electron chi connectivity index (χ1n) is 9.50. The Balaban J connectivity index is 1.77. The van der Waals surface area contributed by atoms with Crippen LogP contribution in [0.2, 0.25) is 0 Å². The van der Waals surface area contributed by atoms with Crippen molar-refractivity contribution in [3.8, 4) is 0 Å². The van der Waals surface area contributed by atoms with E-state index in [1.807, 2.05) is 11.8 Å². The number of nitrogens with one attached hydrogen (secondary N) is 1. The number of hydrogen-bond donors (Lipinski definition) is 1. The van der Waals surface area contributed by atoms with Crippen molar-refractivity contribution in [2.24, 2.45) is 10.9 Å². The molecule has 2 unspecified atom stereocenters. The summed E-state index contributed by atoms with van der Waals surface area (Å²) in [6.07, 6.45) is 2.03. The molecule has 27 heavy (non-hydrogen) atoms. The zero-order valence-electron chi connectivity index (χ0n) is 15.8. The Bertz CT molecular complexity index is 826. The lowest BCUT2D eigenvalue weighted by Gasteiger charge is -2.33. The molecule has 2 aliphatic rings. The van der Waals surface area contributed by atoms with Crippen molar-refractivity contribution in [3.05, 3.63) is 34.9 Å². The highest BCUT2D eigenvalue weighted by atomic mass is 32.2. The van der Waals surface area contributed by atoms with E-state index in [9.17, 15) is 17.2 Å². The third-order valence-corrected chi connectivity index (χ3v) is 7.20. The lowest BCUT2D eigenvalue weighted by molar-refractivity contribution is 0.362. The van der Waals surface area contributed by atoms with Crippen LogP contribution in [0.1, 0.15) is 37.8 Å². The van der Waals surface area contributed by atoms with Crippen LogP contribution in [0.5, 0.6) is 0 Å². The maximum atomic E-state index is 14.0. The van der Waals surface area contributed by atoms with Gasteiger partial charge in [-0.1, -0.05) is 6.92 Å². The van der Waals surface area contributed by atoms with Gasteiger partial charge in [-0.2, -0.15) is 0 Å². The molecular formula is C19H27F2N3O2S. The summed E-state index contributed by atoms with van der Waals surface area (Å²) < 4.78 is 50.9. The van der Waals surface area contributed by atoms with Gasteiger partial charge in [-0.25, -0.2) is 17.2 Å². The number of sulfone groups is 1. The Morgan fingerprint density at radius 2 is 2.19 bits per heavy atom. The molecule has 1 aromatic carbocycles. The minimum absolute atomic E-state index is 0.0377. The Morgan fingerprint density at radius 1 is 1.41 bits per heavy atom. The van der Waals surface area contributed by atoms with E-state index >= 15 is 0 Å². The molecule has 0 amide bonds. The summed E-state index contributed by atoms with van der Waals surface area (Å²) in [6, 6.07) is 2.51. The Kier molecular flexibility index (Phi) is 6.03. The average Bonchev–Trinajstić information content (AvgIpc) is 2.96. The van der Waals surface area contributed by atoms with Crippen molar-refractivity contribution in [1.29, 1.82) is 0 Å². The second-order valence-corrected chi connectivity index (χ2v) is 9.81. The minimum Gasteiger partial charge on any atom is -0.354 e. The fraction of sp³-hybridized carbons (Fsp3) is 0.632. The van der Waals surface area contributed by atoms with Gasteiger partial charge in [-0.05, 0) is 49.3 Å². The number of halogens is 2. The highest BCUT2D eigenvalue weighted by Gasteiger charge is 2.28. The number of hydrogen-bond acceptors (Lipinski definition) is 3. The van der Waals surface area contributed by atoms with Crippen LogP contribution in [0.4, 0.5) is 8.78 Å². The summed E-state index contributed by atoms with van der Waals surface area (Å²) in [7, 11) is -2.93. The fourth-order valence-corrected chi connectivity index (χ4v) is 5.43. The number of fused-ring (bicyclic) bond motifs is 1. The molecule has 0 radical (unpaired) electrons. The van der Waals surface area contributed by atoms with E-state index in [2.05, 4.69) is 17.2 Å². The molecular weight excluding hydrogens is 372 g/mol. The zero-order chi connectivity index (χ0) is 19.6. The van der Waals surface area contributed by atoms with Crippen LogP contribution >= 0.6 is 0 Å². The predicted molar refractivity (Wildman–Crippen MR) is 102 cm³/mol. The van der Waals surface area contributed by atoms with Crippen LogP contribution in [-0.4, -0.2) is 49.9 Å². The normalized spacial score (nSPS) is 23.2. The molecule has 0 spiro atoms. The third kappa shape index (κ3) is 4.97. The SMILES string of the molecule is CCC(C)NC(=NCC1CCS(=O)(=O)C1)N1CCc2c(F)cc(F)cc2C1. The summed E-state index contributed by atoms with van der Waals surface area (Å²) in [5.41, 5.74) is 1.21. The molecule has 2 heterocycles. The zero-order valence-corrected chi connectivity index (χ0v) is 16.7. The quantitative estimate of drug-likeness (QED) is 0.624. The molecule has 2 atom stereocenters. The largest absolute Gasteiger partial charge is 0.354 e. The molecule has 1 fully saturated rings. The average molecular weight is 400 g/mol. The number of benzene rings is 1. The van der Waals surface area contributed by atoms with E-state index in [0.717, 1.165) is 12.5 Å². The molecule has 2 aliphatic heterocycles. The molecule has 3 rings (SSSR count). The van der Waals surface area contributed by atoms with Crippen LogP contribution in [-0.2, 0) is 22.8 Å². The molecule has 1 N–H and O–H groups in total. The van der Waals surface area contributed by atoms with Gasteiger partial charge in [0, 0.05) is 31.7 Å². The van der Waals surface area contributed by atoms with Crippen molar-refractivity contribution in [2.75, 3.05) is 24.6 Å². The van der Waals surface area contributed by atoms with E-state index in [4.69, 9.17) is 0 Å². The summed E-state index contributed by atoms with van der Waals surface area (Å²) >= 11 is 0. The smallest absolute Gasteiger partial charge is 0.194 e. The van der Waals surface area contributed by atoms with Gasteiger partial charge in [-0.3, -0.25) is 4.99 Å². The van der Waals surface area contributed by atoms with E-state index in [1.165, 1.54) is 6.07 Å². The van der Waals surface area contributed by atoms with Crippen LogP contribution in [0, 0.1) is 17.6 Å². The topological polar surface area (TPSA) is 61.8 Å². The standard InChI is InChI=1S/C19H27F2N3O2S/c1-3-13(2)23-19(22-10-14-5-7-27(25,26)12-14)24-6-4-17-15(11-24)8-16(20)9-18(17)21/h8-9,13-14H,3-7,10-12H2,1-2H3,(H,22,23). The van der Waals surface area contributed by atoms with Gasteiger partial charge in [0.15, 0.2) is 15.8 Å². The lowest BCUT2D eigenvalue weighted by Crippen LogP contribution is -2.47. The minimum atomic E-state index is -2.93. The maximum absolute atomic E-state index is 14.0. The molecule has 1 saturated heterocycles. The van der Waals surface area contributed by atoms with Crippen molar-refractivity contribution in [2.45, 2.75) is 45.7 Å². The Morgan fingerprint density at radius 3 is 2.85 bits per heavy atom. The van der Waals surface area contributed by atoms with Crippen molar-refractivity contribution in [1.82, 2.24) is 10.2 Å². The van der Waals surface area contributed by atoms with E-state index in [-0.39, 0.29) is 23.5 Å². The summed E-state index contributed by atoms with van der Waals surface area (Å²) in [5.74, 6) is 0.0787. The number of rotatable bonds is 4. The van der Waals surface area contributed by atoms with E-state index in [0.29, 0.717) is 49.6 Å². The second kappa shape index (κ2) is 8.12.